The summed E-state index contributed by atoms with van der Waals surface area (Å²) < 4.78 is 28.5. The topological polar surface area (TPSA) is 175 Å². The van der Waals surface area contributed by atoms with E-state index in [1.165, 1.54) is 135 Å². The fraction of sp³-hybridized carbons (Fsp3) is 0.846. The van der Waals surface area contributed by atoms with Crippen LogP contribution in [0.3, 0.4) is 0 Å². The van der Waals surface area contributed by atoms with Crippen molar-refractivity contribution in [3.63, 3.8) is 0 Å². The maximum absolute atomic E-state index is 13.2. The molecule has 1 aliphatic rings. The summed E-state index contributed by atoms with van der Waals surface area (Å²) in [5, 5.41) is 31.5. The van der Waals surface area contributed by atoms with Gasteiger partial charge in [-0.05, 0) is 51.4 Å². The Hall–Kier alpha value is -3.06. The number of hydrogen-bond donors (Lipinski definition) is 3. The molecule has 12 heteroatoms. The third-order valence-corrected chi connectivity index (χ3v) is 14.7. The minimum absolute atomic E-state index is 0.0643. The van der Waals surface area contributed by atoms with Crippen LogP contribution in [0, 0.1) is 0 Å². The Morgan fingerprint density at radius 1 is 0.442 bits per heavy atom. The molecule has 0 spiro atoms. The number of carboxylic acids is 1. The molecule has 0 aromatic heterocycles. The number of carbonyl (C=O) groups is 4. The summed E-state index contributed by atoms with van der Waals surface area (Å²) in [6.45, 7) is 5.91. The second-order valence-corrected chi connectivity index (χ2v) is 22.0. The van der Waals surface area contributed by atoms with E-state index in [9.17, 15) is 34.5 Å². The van der Waals surface area contributed by atoms with Crippen LogP contribution in [-0.2, 0) is 42.9 Å². The number of esters is 3. The van der Waals surface area contributed by atoms with Gasteiger partial charge in [0.25, 0.3) is 0 Å². The van der Waals surface area contributed by atoms with Gasteiger partial charge in [-0.25, -0.2) is 4.79 Å². The Morgan fingerprint density at radius 2 is 0.818 bits per heavy atom. The van der Waals surface area contributed by atoms with Crippen LogP contribution in [-0.4, -0.2) is 89.2 Å². The summed E-state index contributed by atoms with van der Waals surface area (Å²) in [7, 11) is 0. The molecule has 6 unspecified atom stereocenters. The van der Waals surface area contributed by atoms with Crippen molar-refractivity contribution in [3.05, 3.63) is 36.5 Å². The van der Waals surface area contributed by atoms with E-state index in [4.69, 9.17) is 23.7 Å². The summed E-state index contributed by atoms with van der Waals surface area (Å²) in [5.74, 6) is -3.10. The molecule has 0 aliphatic carbocycles. The smallest absolute Gasteiger partial charge is 0.335 e. The molecule has 3 N–H and O–H groups in total. The predicted octanol–water partition coefficient (Wildman–Crippen LogP) is 16.8. The standard InChI is InChI=1S/C65H116O12/c1-4-7-10-13-16-19-22-24-26-28-29-31-32-34-37-39-42-45-48-51-57(66)73-54-56(75-58(67)52-49-46-43-41-38-35-33-30-27-25-23-20-17-14-11-8-5-2)55-74-65-63(61(70)60(69)62(77-65)64(71)72)76-59(68)53-50-47-44-40-36-21-18-15-12-9-6-3/h8,11,17,20,25,27,56,60-63,65,69-70H,4-7,9-10,12-16,18-19,21-24,26,28-55H2,1-3H3,(H,71,72)/b11-8-,20-17-,27-25-. The molecule has 0 bridgehead atoms. The number of carboxylic acid groups (broad SMARTS) is 1. The Labute approximate surface area is 470 Å². The van der Waals surface area contributed by atoms with Gasteiger partial charge in [-0.15, -0.1) is 0 Å². The summed E-state index contributed by atoms with van der Waals surface area (Å²) >= 11 is 0. The SMILES string of the molecule is CC/C=C\C/C=C\C/C=C\CCCCCCCCCC(=O)OC(COC(=O)CCCCCCCCCCCCCCCCCCCCC)COC1OC(C(=O)O)C(O)C(O)C1OC(=O)CCCCCCCCCCCCC. The number of ether oxygens (including phenoxy) is 5. The first kappa shape index (κ1) is 72.0. The maximum Gasteiger partial charge on any atom is 0.335 e. The lowest BCUT2D eigenvalue weighted by Crippen LogP contribution is -2.61. The molecule has 1 heterocycles. The van der Waals surface area contributed by atoms with Gasteiger partial charge in [-0.3, -0.25) is 14.4 Å². The molecule has 0 radical (unpaired) electrons. The van der Waals surface area contributed by atoms with Crippen molar-refractivity contribution < 1.29 is 58.2 Å². The quantitative estimate of drug-likeness (QED) is 0.0228. The highest BCUT2D eigenvalue weighted by Gasteiger charge is 2.50. The fourth-order valence-electron chi connectivity index (χ4n) is 9.86. The molecule has 6 atom stereocenters. The van der Waals surface area contributed by atoms with E-state index in [0.29, 0.717) is 19.3 Å². The first-order chi connectivity index (χ1) is 37.6. The lowest BCUT2D eigenvalue weighted by molar-refractivity contribution is -0.301. The molecule has 1 fully saturated rings. The van der Waals surface area contributed by atoms with E-state index in [0.717, 1.165) is 109 Å². The Balaban J connectivity index is 2.63. The van der Waals surface area contributed by atoms with Crippen LogP contribution in [0.15, 0.2) is 36.5 Å². The maximum atomic E-state index is 13.2. The minimum atomic E-state index is -1.90. The zero-order valence-electron chi connectivity index (χ0n) is 49.5. The Morgan fingerprint density at radius 3 is 1.25 bits per heavy atom. The van der Waals surface area contributed by atoms with E-state index >= 15 is 0 Å². The second-order valence-electron chi connectivity index (χ2n) is 22.0. The van der Waals surface area contributed by atoms with E-state index in [1.807, 2.05) is 0 Å². The van der Waals surface area contributed by atoms with Crippen LogP contribution in [0.4, 0.5) is 0 Å². The molecule has 0 aromatic rings. The van der Waals surface area contributed by atoms with Crippen LogP contribution < -0.4 is 0 Å². The van der Waals surface area contributed by atoms with Gasteiger partial charge in [0, 0.05) is 19.3 Å². The van der Waals surface area contributed by atoms with Crippen LogP contribution >= 0.6 is 0 Å². The second kappa shape index (κ2) is 53.6. The third kappa shape index (κ3) is 43.4. The molecule has 1 rings (SSSR count). The van der Waals surface area contributed by atoms with Gasteiger partial charge < -0.3 is 39.0 Å². The van der Waals surface area contributed by atoms with Gasteiger partial charge in [-0.1, -0.05) is 269 Å². The number of aliphatic hydroxyl groups is 2. The van der Waals surface area contributed by atoms with Crippen LogP contribution in [0.2, 0.25) is 0 Å². The molecule has 0 amide bonds. The van der Waals surface area contributed by atoms with Gasteiger partial charge in [0.05, 0.1) is 6.61 Å². The summed E-state index contributed by atoms with van der Waals surface area (Å²) in [6.07, 6.45) is 51.2. The van der Waals surface area contributed by atoms with E-state index < -0.39 is 67.3 Å². The summed E-state index contributed by atoms with van der Waals surface area (Å²) in [6, 6.07) is 0. The van der Waals surface area contributed by atoms with Gasteiger partial charge in [0.15, 0.2) is 24.6 Å². The number of hydrogen-bond acceptors (Lipinski definition) is 11. The zero-order chi connectivity index (χ0) is 56.1. The molecule has 77 heavy (non-hydrogen) atoms. The van der Waals surface area contributed by atoms with Gasteiger partial charge >= 0.3 is 23.9 Å². The highest BCUT2D eigenvalue weighted by atomic mass is 16.7. The van der Waals surface area contributed by atoms with Crippen LogP contribution in [0.1, 0.15) is 303 Å². The molecule has 1 saturated heterocycles. The number of unbranched alkanes of at least 4 members (excludes halogenated alkanes) is 35. The number of aliphatic carboxylic acids is 1. The first-order valence-electron chi connectivity index (χ1n) is 32.0. The predicted molar refractivity (Wildman–Crippen MR) is 313 cm³/mol. The summed E-state index contributed by atoms with van der Waals surface area (Å²) in [4.78, 5) is 51.2. The van der Waals surface area contributed by atoms with Gasteiger partial charge in [-0.2, -0.15) is 0 Å². The molecule has 0 aromatic carbocycles. The van der Waals surface area contributed by atoms with Crippen LogP contribution in [0.25, 0.3) is 0 Å². The zero-order valence-corrected chi connectivity index (χ0v) is 49.5. The largest absolute Gasteiger partial charge is 0.479 e. The number of rotatable bonds is 55. The molecule has 1 aliphatic heterocycles. The lowest BCUT2D eigenvalue weighted by atomic mass is 9.98. The summed E-state index contributed by atoms with van der Waals surface area (Å²) in [5.41, 5.74) is 0. The van der Waals surface area contributed by atoms with Crippen molar-refractivity contribution in [2.45, 2.75) is 340 Å². The molecule has 0 saturated carbocycles. The molecular weight excluding hydrogens is 973 g/mol. The highest BCUT2D eigenvalue weighted by molar-refractivity contribution is 5.74. The molecule has 12 nitrogen and oxygen atoms in total. The number of carbonyl (C=O) groups excluding carboxylic acids is 3. The van der Waals surface area contributed by atoms with Gasteiger partial charge in [0.2, 0.25) is 0 Å². The normalized spacial score (nSPS) is 18.2. The lowest BCUT2D eigenvalue weighted by Gasteiger charge is -2.40. The molecule has 448 valence electrons. The third-order valence-electron chi connectivity index (χ3n) is 14.7. The van der Waals surface area contributed by atoms with Crippen LogP contribution in [0.5, 0.6) is 0 Å². The van der Waals surface area contributed by atoms with Crippen molar-refractivity contribution in [2.75, 3.05) is 13.2 Å². The van der Waals surface area contributed by atoms with E-state index in [1.54, 1.807) is 0 Å². The van der Waals surface area contributed by atoms with Crippen molar-refractivity contribution in [2.24, 2.45) is 0 Å². The first-order valence-corrected chi connectivity index (χ1v) is 32.0. The monoisotopic (exact) mass is 1090 g/mol. The van der Waals surface area contributed by atoms with E-state index in [2.05, 4.69) is 57.2 Å². The van der Waals surface area contributed by atoms with Crippen molar-refractivity contribution in [1.29, 1.82) is 0 Å². The van der Waals surface area contributed by atoms with Crippen molar-refractivity contribution in [1.82, 2.24) is 0 Å². The van der Waals surface area contributed by atoms with Crippen molar-refractivity contribution in [3.8, 4) is 0 Å². The van der Waals surface area contributed by atoms with Gasteiger partial charge in [0.1, 0.15) is 18.8 Å². The number of allylic oxidation sites excluding steroid dienone is 6. The Bertz CT molecular complexity index is 1480. The number of aliphatic hydroxyl groups excluding tert-OH is 2. The van der Waals surface area contributed by atoms with E-state index in [-0.39, 0.29) is 25.9 Å². The average molecular weight is 1090 g/mol. The Kier molecular flexibility index (Phi) is 50.1. The molecular formula is C65H116O12. The van der Waals surface area contributed by atoms with Crippen molar-refractivity contribution >= 4 is 23.9 Å². The highest BCUT2D eigenvalue weighted by Crippen LogP contribution is 2.27. The fourth-order valence-corrected chi connectivity index (χ4v) is 9.86. The minimum Gasteiger partial charge on any atom is -0.479 e. The average Bonchev–Trinajstić information content (AvgIpc) is 3.42.